The molecule has 174 valence electrons. The van der Waals surface area contributed by atoms with Gasteiger partial charge in [0.1, 0.15) is 5.75 Å². The normalized spacial score (nSPS) is 14.9. The number of hydrogen-bond acceptors (Lipinski definition) is 5. The number of ether oxygens (including phenoxy) is 1. The molecular weight excluding hydrogens is 420 g/mol. The van der Waals surface area contributed by atoms with Gasteiger partial charge in [0, 0.05) is 6.04 Å². The van der Waals surface area contributed by atoms with E-state index in [4.69, 9.17) is 4.74 Å². The number of carbonyl (C=O) groups is 3. The van der Waals surface area contributed by atoms with Crippen LogP contribution in [0.4, 0.5) is 0 Å². The molecule has 1 fully saturated rings. The van der Waals surface area contributed by atoms with Crippen LogP contribution < -0.4 is 20.8 Å². The van der Waals surface area contributed by atoms with Crippen molar-refractivity contribution in [2.45, 2.75) is 51.1 Å². The molecule has 8 nitrogen and oxygen atoms in total. The van der Waals surface area contributed by atoms with Crippen molar-refractivity contribution < 1.29 is 19.1 Å². The average Bonchev–Trinajstić information content (AvgIpc) is 2.84. The maximum Gasteiger partial charge on any atom is 0.329 e. The van der Waals surface area contributed by atoms with E-state index in [9.17, 15) is 14.4 Å². The first-order valence-corrected chi connectivity index (χ1v) is 11.2. The molecule has 8 heteroatoms. The Morgan fingerprint density at radius 2 is 1.70 bits per heavy atom. The summed E-state index contributed by atoms with van der Waals surface area (Å²) in [4.78, 5) is 35.9. The molecule has 2 aromatic rings. The maximum absolute atomic E-state index is 12.1. The van der Waals surface area contributed by atoms with Crippen LogP contribution >= 0.6 is 0 Å². The lowest BCUT2D eigenvalue weighted by atomic mass is 9.95. The van der Waals surface area contributed by atoms with Gasteiger partial charge in [-0.1, -0.05) is 49.6 Å². The minimum absolute atomic E-state index is 0.0668. The second-order valence-electron chi connectivity index (χ2n) is 8.07. The molecule has 33 heavy (non-hydrogen) atoms. The largest absolute Gasteiger partial charge is 0.484 e. The summed E-state index contributed by atoms with van der Waals surface area (Å²) in [6.07, 6.45) is 6.57. The fourth-order valence-corrected chi connectivity index (χ4v) is 3.62. The molecule has 0 aromatic heterocycles. The minimum Gasteiger partial charge on any atom is -0.484 e. The fourth-order valence-electron chi connectivity index (χ4n) is 3.62. The molecule has 1 aliphatic rings. The quantitative estimate of drug-likeness (QED) is 0.326. The van der Waals surface area contributed by atoms with Gasteiger partial charge >= 0.3 is 11.8 Å². The monoisotopic (exact) mass is 450 g/mol. The molecule has 2 aromatic carbocycles. The minimum atomic E-state index is -0.785. The van der Waals surface area contributed by atoms with Crippen LogP contribution in [0.15, 0.2) is 59.7 Å². The third kappa shape index (κ3) is 8.07. The Morgan fingerprint density at radius 3 is 2.39 bits per heavy atom. The van der Waals surface area contributed by atoms with Gasteiger partial charge in [0.05, 0.1) is 12.3 Å². The third-order valence-corrected chi connectivity index (χ3v) is 5.45. The second kappa shape index (κ2) is 12.4. The van der Waals surface area contributed by atoms with Gasteiger partial charge in [0.25, 0.3) is 5.91 Å². The molecule has 0 heterocycles. The lowest BCUT2D eigenvalue weighted by Crippen LogP contribution is -2.44. The molecule has 3 rings (SSSR count). The third-order valence-electron chi connectivity index (χ3n) is 5.45. The molecule has 0 saturated heterocycles. The molecule has 3 N–H and O–H groups in total. The van der Waals surface area contributed by atoms with Crippen molar-refractivity contribution in [3.05, 3.63) is 65.7 Å². The Morgan fingerprint density at radius 1 is 1.00 bits per heavy atom. The van der Waals surface area contributed by atoms with E-state index >= 15 is 0 Å². The van der Waals surface area contributed by atoms with Crippen LogP contribution in [0.1, 0.15) is 56.2 Å². The van der Waals surface area contributed by atoms with E-state index in [1.54, 1.807) is 24.3 Å². The first-order chi connectivity index (χ1) is 16.0. The van der Waals surface area contributed by atoms with Crippen molar-refractivity contribution in [3.8, 4) is 5.75 Å². The van der Waals surface area contributed by atoms with Gasteiger partial charge in [0.15, 0.2) is 6.61 Å². The van der Waals surface area contributed by atoms with Crippen molar-refractivity contribution in [3.63, 3.8) is 0 Å². The highest BCUT2D eigenvalue weighted by molar-refractivity contribution is 6.35. The second-order valence-corrected chi connectivity index (χ2v) is 8.07. The Hall–Kier alpha value is -3.68. The van der Waals surface area contributed by atoms with Gasteiger partial charge in [-0.15, -0.1) is 0 Å². The molecule has 1 atom stereocenters. The van der Waals surface area contributed by atoms with Gasteiger partial charge < -0.3 is 15.4 Å². The number of amides is 3. The average molecular weight is 451 g/mol. The number of nitrogens with one attached hydrogen (secondary N) is 3. The molecule has 0 aliphatic heterocycles. The van der Waals surface area contributed by atoms with Gasteiger partial charge in [-0.3, -0.25) is 14.4 Å². The number of nitrogens with zero attached hydrogens (tertiary/aromatic N) is 1. The Bertz CT molecular complexity index is 954. The predicted molar refractivity (Wildman–Crippen MR) is 126 cm³/mol. The van der Waals surface area contributed by atoms with E-state index < -0.39 is 11.8 Å². The van der Waals surface area contributed by atoms with E-state index in [0.29, 0.717) is 11.3 Å². The summed E-state index contributed by atoms with van der Waals surface area (Å²) < 4.78 is 5.53. The van der Waals surface area contributed by atoms with E-state index in [2.05, 4.69) is 21.2 Å². The summed E-state index contributed by atoms with van der Waals surface area (Å²) >= 11 is 0. The van der Waals surface area contributed by atoms with Crippen LogP contribution in [0.5, 0.6) is 5.75 Å². The zero-order chi connectivity index (χ0) is 23.5. The Kier molecular flexibility index (Phi) is 8.99. The van der Waals surface area contributed by atoms with E-state index in [-0.39, 0.29) is 24.6 Å². The zero-order valence-electron chi connectivity index (χ0n) is 18.8. The summed E-state index contributed by atoms with van der Waals surface area (Å²) in [7, 11) is 0. The lowest BCUT2D eigenvalue weighted by Gasteiger charge is -2.22. The standard InChI is InChI=1S/C25H30N4O4/c1-18(20-8-4-2-5-9-20)27-23(30)17-33-22-14-12-19(13-15-22)16-26-29-25(32)24(31)28-21-10-6-3-7-11-21/h2,4-5,8-9,12-16,18,21H,3,6-7,10-11,17H2,1H3,(H,27,30)(H,28,31)(H,29,32)/b26-16-/t18-/m1/s1. The molecule has 0 spiro atoms. The number of rotatable bonds is 8. The summed E-state index contributed by atoms with van der Waals surface area (Å²) in [5.74, 6) is -1.13. The number of hydrazone groups is 1. The highest BCUT2D eigenvalue weighted by Gasteiger charge is 2.19. The molecule has 1 saturated carbocycles. The lowest BCUT2D eigenvalue weighted by molar-refractivity contribution is -0.139. The first-order valence-electron chi connectivity index (χ1n) is 11.2. The molecule has 0 radical (unpaired) electrons. The SMILES string of the molecule is C[C@@H](NC(=O)COc1ccc(/C=N\NC(=O)C(=O)NC2CCCCC2)cc1)c1ccccc1. The molecule has 0 bridgehead atoms. The fraction of sp³-hybridized carbons (Fsp3) is 0.360. The van der Waals surface area contributed by atoms with Crippen molar-refractivity contribution in [1.29, 1.82) is 0 Å². The van der Waals surface area contributed by atoms with E-state index in [0.717, 1.165) is 31.2 Å². The van der Waals surface area contributed by atoms with Crippen LogP contribution in [-0.4, -0.2) is 36.6 Å². The zero-order valence-corrected chi connectivity index (χ0v) is 18.8. The number of hydrogen-bond donors (Lipinski definition) is 3. The van der Waals surface area contributed by atoms with Gasteiger partial charge in [-0.05, 0) is 55.2 Å². The summed E-state index contributed by atoms with van der Waals surface area (Å²) in [6.45, 7) is 1.82. The Labute approximate surface area is 193 Å². The summed E-state index contributed by atoms with van der Waals surface area (Å²) in [6, 6.07) is 16.5. The maximum atomic E-state index is 12.1. The van der Waals surface area contributed by atoms with Crippen molar-refractivity contribution >= 4 is 23.9 Å². The molecule has 0 unspecified atom stereocenters. The Balaban J connectivity index is 1.38. The highest BCUT2D eigenvalue weighted by Crippen LogP contribution is 2.17. The molecule has 3 amide bonds. The van der Waals surface area contributed by atoms with Crippen LogP contribution in [-0.2, 0) is 14.4 Å². The van der Waals surface area contributed by atoms with Crippen LogP contribution in [0.3, 0.4) is 0 Å². The van der Waals surface area contributed by atoms with E-state index in [1.807, 2.05) is 37.3 Å². The van der Waals surface area contributed by atoms with E-state index in [1.165, 1.54) is 12.6 Å². The van der Waals surface area contributed by atoms with Gasteiger partial charge in [0.2, 0.25) is 0 Å². The van der Waals surface area contributed by atoms with Crippen molar-refractivity contribution in [2.24, 2.45) is 5.10 Å². The highest BCUT2D eigenvalue weighted by atomic mass is 16.5. The van der Waals surface area contributed by atoms with Crippen LogP contribution in [0.25, 0.3) is 0 Å². The predicted octanol–water partition coefficient (Wildman–Crippen LogP) is 2.84. The number of carbonyl (C=O) groups excluding carboxylic acids is 3. The topological polar surface area (TPSA) is 109 Å². The molecule has 1 aliphatic carbocycles. The first kappa shape index (κ1) is 24.0. The molecular formula is C25H30N4O4. The summed E-state index contributed by atoms with van der Waals surface area (Å²) in [5, 5.41) is 9.47. The van der Waals surface area contributed by atoms with Crippen molar-refractivity contribution in [1.82, 2.24) is 16.1 Å². The number of benzene rings is 2. The van der Waals surface area contributed by atoms with Gasteiger partial charge in [-0.2, -0.15) is 5.10 Å². The van der Waals surface area contributed by atoms with Crippen LogP contribution in [0.2, 0.25) is 0 Å². The van der Waals surface area contributed by atoms with Crippen LogP contribution in [0, 0.1) is 0 Å². The smallest absolute Gasteiger partial charge is 0.329 e. The van der Waals surface area contributed by atoms with Gasteiger partial charge in [-0.25, -0.2) is 5.43 Å². The summed E-state index contributed by atoms with van der Waals surface area (Å²) in [5.41, 5.74) is 3.97. The van der Waals surface area contributed by atoms with Crippen molar-refractivity contribution in [2.75, 3.05) is 6.61 Å².